The van der Waals surface area contributed by atoms with Gasteiger partial charge in [0.25, 0.3) is 11.8 Å². The quantitative estimate of drug-likeness (QED) is 0.293. The largest absolute Gasteiger partial charge is 0.495 e. The molecule has 40 heavy (non-hydrogen) atoms. The van der Waals surface area contributed by atoms with Crippen molar-refractivity contribution in [3.63, 3.8) is 0 Å². The zero-order valence-electron chi connectivity index (χ0n) is 21.5. The van der Waals surface area contributed by atoms with Gasteiger partial charge in [-0.15, -0.1) is 0 Å². The highest BCUT2D eigenvalue weighted by molar-refractivity contribution is 6.07. The van der Waals surface area contributed by atoms with Crippen molar-refractivity contribution in [2.24, 2.45) is 12.8 Å². The molecule has 2 amide bonds. The number of nitrogens with zero attached hydrogens (tertiary/aromatic N) is 6. The fourth-order valence-corrected chi connectivity index (χ4v) is 4.68. The van der Waals surface area contributed by atoms with Crippen molar-refractivity contribution < 1.29 is 14.3 Å². The molecule has 0 spiro atoms. The zero-order chi connectivity index (χ0) is 28.0. The lowest BCUT2D eigenvalue weighted by Gasteiger charge is -2.12. The number of nitrogens with two attached hydrogens (primary N) is 2. The van der Waals surface area contributed by atoms with Crippen LogP contribution in [-0.2, 0) is 7.05 Å². The maximum absolute atomic E-state index is 13.2. The van der Waals surface area contributed by atoms with E-state index >= 15 is 0 Å². The molecule has 4 aromatic heterocycles. The molecule has 0 aliphatic rings. The summed E-state index contributed by atoms with van der Waals surface area (Å²) in [4.78, 5) is 37.4. The van der Waals surface area contributed by atoms with Gasteiger partial charge in [0.2, 0.25) is 0 Å². The highest BCUT2D eigenvalue weighted by atomic mass is 16.5. The molecular formula is C28H23N9O3. The molecule has 0 atom stereocenters. The van der Waals surface area contributed by atoms with Crippen LogP contribution in [-0.4, -0.2) is 48.2 Å². The van der Waals surface area contributed by atoms with Crippen molar-refractivity contribution in [3.8, 4) is 22.7 Å². The van der Waals surface area contributed by atoms with Gasteiger partial charge in [0.1, 0.15) is 35.0 Å². The van der Waals surface area contributed by atoms with Crippen molar-refractivity contribution >= 4 is 45.3 Å². The second-order valence-corrected chi connectivity index (χ2v) is 9.00. The molecule has 0 bridgehead atoms. The van der Waals surface area contributed by atoms with E-state index in [0.717, 1.165) is 10.9 Å². The number of hydrogen-bond acceptors (Lipinski definition) is 8. The molecule has 0 fully saturated rings. The van der Waals surface area contributed by atoms with Crippen molar-refractivity contribution in [3.05, 3.63) is 84.6 Å². The van der Waals surface area contributed by atoms with Gasteiger partial charge >= 0.3 is 0 Å². The Labute approximate surface area is 227 Å². The molecule has 198 valence electrons. The first-order chi connectivity index (χ1) is 19.4. The number of aromatic nitrogens is 6. The van der Waals surface area contributed by atoms with Crippen molar-refractivity contribution in [2.45, 2.75) is 0 Å². The Morgan fingerprint density at radius 2 is 1.82 bits per heavy atom. The smallest absolute Gasteiger partial charge is 0.272 e. The minimum absolute atomic E-state index is 0.0811. The average Bonchev–Trinajstić information content (AvgIpc) is 3.53. The summed E-state index contributed by atoms with van der Waals surface area (Å²) in [5.41, 5.74) is 15.8. The summed E-state index contributed by atoms with van der Waals surface area (Å²) in [7, 11) is 3.36. The van der Waals surface area contributed by atoms with Gasteiger partial charge in [0.05, 0.1) is 23.9 Å². The summed E-state index contributed by atoms with van der Waals surface area (Å²) in [6, 6.07) is 18.1. The van der Waals surface area contributed by atoms with E-state index in [2.05, 4.69) is 20.3 Å². The third-order valence-corrected chi connectivity index (χ3v) is 6.64. The number of hydrogen-bond donors (Lipinski definition) is 3. The molecule has 0 aliphatic heterocycles. The maximum atomic E-state index is 13.2. The molecule has 6 rings (SSSR count). The van der Waals surface area contributed by atoms with Crippen LogP contribution in [0.5, 0.6) is 5.75 Å². The summed E-state index contributed by atoms with van der Waals surface area (Å²) >= 11 is 0. The Bertz CT molecular complexity index is 1960. The number of fused-ring (bicyclic) bond motifs is 2. The number of rotatable bonds is 6. The number of anilines is 2. The van der Waals surface area contributed by atoms with Gasteiger partial charge in [-0.3, -0.25) is 14.6 Å². The molecule has 0 aliphatic carbocycles. The Kier molecular flexibility index (Phi) is 5.84. The van der Waals surface area contributed by atoms with Crippen molar-refractivity contribution in [2.75, 3.05) is 18.2 Å². The van der Waals surface area contributed by atoms with E-state index in [4.69, 9.17) is 21.3 Å². The van der Waals surface area contributed by atoms with E-state index in [1.165, 1.54) is 25.7 Å². The van der Waals surface area contributed by atoms with Gasteiger partial charge in [-0.05, 0) is 36.4 Å². The Morgan fingerprint density at radius 3 is 2.60 bits per heavy atom. The second kappa shape index (κ2) is 9.51. The molecule has 12 heteroatoms. The number of carbonyl (C=O) groups excluding carboxylic acids is 2. The lowest BCUT2D eigenvalue weighted by molar-refractivity contribution is 0.0992. The van der Waals surface area contributed by atoms with Gasteiger partial charge in [0, 0.05) is 29.7 Å². The van der Waals surface area contributed by atoms with Gasteiger partial charge in [0.15, 0.2) is 5.65 Å². The van der Waals surface area contributed by atoms with Gasteiger partial charge < -0.3 is 26.1 Å². The minimum Gasteiger partial charge on any atom is -0.495 e. The lowest BCUT2D eigenvalue weighted by Crippen LogP contribution is -2.16. The number of nitrogens with one attached hydrogen (secondary N) is 1. The predicted molar refractivity (Wildman–Crippen MR) is 150 cm³/mol. The van der Waals surface area contributed by atoms with E-state index < -0.39 is 5.91 Å². The molecule has 0 saturated heterocycles. The van der Waals surface area contributed by atoms with Crippen molar-refractivity contribution in [1.82, 2.24) is 29.3 Å². The standard InChI is InChI=1S/C28H23N9O3/c1-36-20-6-4-3-5-15(20)11-21(36)28(39)34-18-8-7-16(12-22(18)40-2)24-23-25(29)32-14-33-27(23)37(35-24)17-9-10-31-19(13-17)26(30)38/h3-14H,1-2H3,(H2,30,38)(H,34,39)(H2,29,32,33). The van der Waals surface area contributed by atoms with Gasteiger partial charge in [-0.2, -0.15) is 5.10 Å². The summed E-state index contributed by atoms with van der Waals surface area (Å²) in [6.07, 6.45) is 2.80. The number of benzene rings is 2. The second-order valence-electron chi connectivity index (χ2n) is 9.00. The third kappa shape index (κ3) is 4.04. The van der Waals surface area contributed by atoms with Crippen LogP contribution in [0, 0.1) is 0 Å². The fraction of sp³-hybridized carbons (Fsp3) is 0.0714. The SMILES string of the molecule is COc1cc(-c2nn(-c3ccnc(C(N)=O)c3)c3ncnc(N)c23)ccc1NC(=O)c1cc2ccccc2n1C. The molecule has 0 radical (unpaired) electrons. The average molecular weight is 534 g/mol. The van der Waals surface area contributed by atoms with Crippen LogP contribution in [0.15, 0.2) is 73.2 Å². The molecule has 5 N–H and O–H groups in total. The molecule has 12 nitrogen and oxygen atoms in total. The van der Waals surface area contributed by atoms with E-state index in [1.807, 2.05) is 41.9 Å². The number of methoxy groups -OCH3 is 1. The highest BCUT2D eigenvalue weighted by Gasteiger charge is 2.21. The number of amides is 2. The fourth-order valence-electron chi connectivity index (χ4n) is 4.68. The number of nitrogen functional groups attached to an aromatic ring is 1. The number of pyridine rings is 1. The number of ether oxygens (including phenoxy) is 1. The first-order valence-electron chi connectivity index (χ1n) is 12.2. The number of para-hydroxylation sites is 1. The number of carbonyl (C=O) groups is 2. The van der Waals surface area contributed by atoms with Crippen LogP contribution in [0.1, 0.15) is 21.0 Å². The van der Waals surface area contributed by atoms with Crippen LogP contribution in [0.4, 0.5) is 11.5 Å². The van der Waals surface area contributed by atoms with E-state index in [1.54, 1.807) is 28.9 Å². The summed E-state index contributed by atoms with van der Waals surface area (Å²) < 4.78 is 9.01. The topological polar surface area (TPSA) is 169 Å². The molecular weight excluding hydrogens is 510 g/mol. The number of primary amides is 1. The van der Waals surface area contributed by atoms with E-state index in [9.17, 15) is 9.59 Å². The van der Waals surface area contributed by atoms with Crippen LogP contribution in [0.25, 0.3) is 38.9 Å². The first kappa shape index (κ1) is 24.6. The molecule has 4 heterocycles. The lowest BCUT2D eigenvalue weighted by atomic mass is 10.1. The normalized spacial score (nSPS) is 11.2. The Morgan fingerprint density at radius 1 is 1.00 bits per heavy atom. The van der Waals surface area contributed by atoms with E-state index in [0.29, 0.717) is 45.1 Å². The first-order valence-corrected chi connectivity index (χ1v) is 12.2. The van der Waals surface area contributed by atoms with Crippen LogP contribution in [0.3, 0.4) is 0 Å². The summed E-state index contributed by atoms with van der Waals surface area (Å²) in [5, 5.41) is 9.17. The summed E-state index contributed by atoms with van der Waals surface area (Å²) in [6.45, 7) is 0. The third-order valence-electron chi connectivity index (χ3n) is 6.64. The van der Waals surface area contributed by atoms with E-state index in [-0.39, 0.29) is 17.4 Å². The predicted octanol–water partition coefficient (Wildman–Crippen LogP) is 3.31. The Balaban J connectivity index is 1.41. The van der Waals surface area contributed by atoms with Crippen molar-refractivity contribution in [1.29, 1.82) is 0 Å². The van der Waals surface area contributed by atoms with Crippen LogP contribution < -0.4 is 21.5 Å². The maximum Gasteiger partial charge on any atom is 0.272 e. The van der Waals surface area contributed by atoms with Gasteiger partial charge in [-0.1, -0.05) is 24.3 Å². The zero-order valence-corrected chi connectivity index (χ0v) is 21.5. The Hall–Kier alpha value is -5.78. The van der Waals surface area contributed by atoms with Gasteiger partial charge in [-0.25, -0.2) is 14.6 Å². The summed E-state index contributed by atoms with van der Waals surface area (Å²) in [5.74, 6) is -0.302. The highest BCUT2D eigenvalue weighted by Crippen LogP contribution is 2.36. The van der Waals surface area contributed by atoms with Crippen LogP contribution >= 0.6 is 0 Å². The monoisotopic (exact) mass is 533 g/mol. The molecule has 6 aromatic rings. The number of aryl methyl sites for hydroxylation is 1. The molecule has 2 aromatic carbocycles. The van der Waals surface area contributed by atoms with Crippen LogP contribution in [0.2, 0.25) is 0 Å². The molecule has 0 saturated carbocycles. The molecule has 0 unspecified atom stereocenters. The minimum atomic E-state index is -0.668.